The molecule has 0 aliphatic carbocycles. The van der Waals surface area contributed by atoms with Gasteiger partial charge in [-0.2, -0.15) is 4.31 Å². The van der Waals surface area contributed by atoms with E-state index in [0.717, 1.165) is 20.3 Å². The van der Waals surface area contributed by atoms with Crippen molar-refractivity contribution in [3.05, 3.63) is 24.3 Å². The minimum Gasteiger partial charge on any atom is -0.349 e. The number of thioether (sulfide) groups is 1. The first-order valence-corrected chi connectivity index (χ1v) is 11.1. The van der Waals surface area contributed by atoms with Crippen LogP contribution in [0, 0.1) is 0 Å². The number of sulfonamides is 1. The summed E-state index contributed by atoms with van der Waals surface area (Å²) in [7, 11) is -1.71. The van der Waals surface area contributed by atoms with Crippen LogP contribution in [0.2, 0.25) is 0 Å². The smallest absolute Gasteiger partial charge is 0.214 e. The summed E-state index contributed by atoms with van der Waals surface area (Å²) >= 11 is 3.25. The number of ether oxygens (including phenoxy) is 2. The van der Waals surface area contributed by atoms with E-state index in [2.05, 4.69) is 4.98 Å². The van der Waals surface area contributed by atoms with E-state index in [1.807, 2.05) is 24.3 Å². The Kier molecular flexibility index (Phi) is 6.12. The SMILES string of the molecule is CN(CC1OCCO1)S(=O)(=O)CCCSc1nc2ccccc2s1. The Hall–Kier alpha value is -0.710. The molecule has 6 nitrogen and oxygen atoms in total. The number of hydrogen-bond donors (Lipinski definition) is 0. The van der Waals surface area contributed by atoms with Gasteiger partial charge in [-0.25, -0.2) is 13.4 Å². The zero-order valence-electron chi connectivity index (χ0n) is 13.4. The van der Waals surface area contributed by atoms with Crippen LogP contribution in [0.5, 0.6) is 0 Å². The summed E-state index contributed by atoms with van der Waals surface area (Å²) in [5, 5.41) is 0. The molecule has 0 N–H and O–H groups in total. The summed E-state index contributed by atoms with van der Waals surface area (Å²) in [6, 6.07) is 8.00. The van der Waals surface area contributed by atoms with Gasteiger partial charge in [-0.15, -0.1) is 11.3 Å². The second-order valence-electron chi connectivity index (χ2n) is 5.42. The van der Waals surface area contributed by atoms with Gasteiger partial charge in [-0.1, -0.05) is 23.9 Å². The van der Waals surface area contributed by atoms with Crippen LogP contribution in [-0.2, 0) is 19.5 Å². The van der Waals surface area contributed by atoms with Crippen molar-refractivity contribution in [2.45, 2.75) is 17.1 Å². The van der Waals surface area contributed by atoms with E-state index in [1.54, 1.807) is 30.1 Å². The maximum atomic E-state index is 12.3. The van der Waals surface area contributed by atoms with Crippen LogP contribution in [0.25, 0.3) is 10.2 Å². The molecule has 0 saturated carbocycles. The Bertz CT molecular complexity index is 739. The van der Waals surface area contributed by atoms with Crippen molar-refractivity contribution in [2.75, 3.05) is 38.3 Å². The fraction of sp³-hybridized carbons (Fsp3) is 0.533. The zero-order valence-corrected chi connectivity index (χ0v) is 15.8. The summed E-state index contributed by atoms with van der Waals surface area (Å²) < 4.78 is 38.6. The van der Waals surface area contributed by atoms with Crippen LogP contribution >= 0.6 is 23.1 Å². The monoisotopic (exact) mass is 388 g/mol. The molecule has 9 heteroatoms. The normalized spacial score (nSPS) is 16.4. The first-order chi connectivity index (χ1) is 11.5. The molecule has 1 aliphatic rings. The van der Waals surface area contributed by atoms with Crippen molar-refractivity contribution in [2.24, 2.45) is 0 Å². The van der Waals surface area contributed by atoms with Crippen LogP contribution in [0.4, 0.5) is 0 Å². The van der Waals surface area contributed by atoms with Gasteiger partial charge in [0.05, 0.1) is 35.7 Å². The number of fused-ring (bicyclic) bond motifs is 1. The standard InChI is InChI=1S/C15H20N2O4S3/c1-17(11-14-20-7-8-21-14)24(18,19)10-4-9-22-15-16-12-5-2-3-6-13(12)23-15/h2-3,5-6,14H,4,7-11H2,1H3. The van der Waals surface area contributed by atoms with E-state index in [-0.39, 0.29) is 12.3 Å². The molecule has 1 saturated heterocycles. The highest BCUT2D eigenvalue weighted by Gasteiger charge is 2.24. The average molecular weight is 389 g/mol. The van der Waals surface area contributed by atoms with Gasteiger partial charge in [-0.3, -0.25) is 0 Å². The molecule has 0 atom stereocenters. The Balaban J connectivity index is 1.44. The molecule has 3 rings (SSSR count). The largest absolute Gasteiger partial charge is 0.349 e. The van der Waals surface area contributed by atoms with Gasteiger partial charge in [0.15, 0.2) is 10.6 Å². The molecule has 0 bridgehead atoms. The molecule has 132 valence electrons. The Morgan fingerprint density at radius 3 is 2.83 bits per heavy atom. The van der Waals surface area contributed by atoms with Crippen molar-refractivity contribution in [3.8, 4) is 0 Å². The topological polar surface area (TPSA) is 68.7 Å². The summed E-state index contributed by atoms with van der Waals surface area (Å²) in [4.78, 5) is 4.54. The lowest BCUT2D eigenvalue weighted by molar-refractivity contribution is -0.0482. The van der Waals surface area contributed by atoms with Crippen LogP contribution in [0.3, 0.4) is 0 Å². The lowest BCUT2D eigenvalue weighted by Gasteiger charge is -2.19. The van der Waals surface area contributed by atoms with Crippen LogP contribution in [-0.4, -0.2) is 62.3 Å². The highest BCUT2D eigenvalue weighted by atomic mass is 32.2. The molecule has 1 aliphatic heterocycles. The minimum absolute atomic E-state index is 0.119. The number of benzene rings is 1. The summed E-state index contributed by atoms with van der Waals surface area (Å²) in [5.41, 5.74) is 0.994. The lowest BCUT2D eigenvalue weighted by Crippen LogP contribution is -2.36. The maximum Gasteiger partial charge on any atom is 0.214 e. The highest BCUT2D eigenvalue weighted by molar-refractivity contribution is 8.01. The van der Waals surface area contributed by atoms with Crippen molar-refractivity contribution in [1.29, 1.82) is 0 Å². The number of likely N-dealkylation sites (N-methyl/N-ethyl adjacent to an activating group) is 1. The van der Waals surface area contributed by atoms with Gasteiger partial charge in [0.1, 0.15) is 0 Å². The highest BCUT2D eigenvalue weighted by Crippen LogP contribution is 2.29. The molecule has 1 aromatic carbocycles. The molecule has 0 amide bonds. The van der Waals surface area contributed by atoms with Crippen LogP contribution in [0.1, 0.15) is 6.42 Å². The lowest BCUT2D eigenvalue weighted by atomic mass is 10.3. The number of rotatable bonds is 8. The van der Waals surface area contributed by atoms with Crippen molar-refractivity contribution >= 4 is 43.3 Å². The fourth-order valence-electron chi connectivity index (χ4n) is 2.31. The van der Waals surface area contributed by atoms with Crippen molar-refractivity contribution < 1.29 is 17.9 Å². The molecule has 1 aromatic heterocycles. The Morgan fingerprint density at radius 2 is 2.08 bits per heavy atom. The quantitative estimate of drug-likeness (QED) is 0.511. The van der Waals surface area contributed by atoms with Gasteiger partial charge >= 0.3 is 0 Å². The molecule has 0 unspecified atom stereocenters. The predicted octanol–water partition coefficient (Wildman–Crippen LogP) is 2.41. The van der Waals surface area contributed by atoms with E-state index < -0.39 is 16.3 Å². The maximum absolute atomic E-state index is 12.3. The first kappa shape index (κ1) is 18.1. The molecule has 0 spiro atoms. The molecule has 2 aromatic rings. The predicted molar refractivity (Wildman–Crippen MR) is 97.1 cm³/mol. The second-order valence-corrected chi connectivity index (χ2v) is 9.99. The van der Waals surface area contributed by atoms with E-state index >= 15 is 0 Å². The molecule has 0 radical (unpaired) electrons. The minimum atomic E-state index is -3.28. The third-order valence-electron chi connectivity index (χ3n) is 3.62. The van der Waals surface area contributed by atoms with E-state index in [4.69, 9.17) is 9.47 Å². The second kappa shape index (κ2) is 8.11. The summed E-state index contributed by atoms with van der Waals surface area (Å²) in [6.07, 6.45) is 0.140. The third-order valence-corrected chi connectivity index (χ3v) is 7.79. The zero-order chi connectivity index (χ0) is 17.0. The molecule has 24 heavy (non-hydrogen) atoms. The van der Waals surface area contributed by atoms with E-state index in [9.17, 15) is 8.42 Å². The number of thiazole rings is 1. The average Bonchev–Trinajstić information content (AvgIpc) is 3.20. The number of para-hydroxylation sites is 1. The van der Waals surface area contributed by atoms with Crippen LogP contribution < -0.4 is 0 Å². The number of hydrogen-bond acceptors (Lipinski definition) is 7. The van der Waals surface area contributed by atoms with Gasteiger partial charge in [0.2, 0.25) is 10.0 Å². The molecular weight excluding hydrogens is 368 g/mol. The molecular formula is C15H20N2O4S3. The fourth-order valence-corrected chi connectivity index (χ4v) is 5.74. The third kappa shape index (κ3) is 4.68. The van der Waals surface area contributed by atoms with E-state index in [1.165, 1.54) is 4.31 Å². The summed E-state index contributed by atoms with van der Waals surface area (Å²) in [6.45, 7) is 1.29. The van der Waals surface area contributed by atoms with Gasteiger partial charge < -0.3 is 9.47 Å². The van der Waals surface area contributed by atoms with Gasteiger partial charge in [0, 0.05) is 12.8 Å². The Labute approximate surface area is 150 Å². The van der Waals surface area contributed by atoms with Crippen molar-refractivity contribution in [1.82, 2.24) is 9.29 Å². The van der Waals surface area contributed by atoms with Crippen LogP contribution in [0.15, 0.2) is 28.6 Å². The Morgan fingerprint density at radius 1 is 1.33 bits per heavy atom. The van der Waals surface area contributed by atoms with Gasteiger partial charge in [-0.05, 0) is 18.6 Å². The number of nitrogens with zero attached hydrogens (tertiary/aromatic N) is 2. The molecule has 2 heterocycles. The van der Waals surface area contributed by atoms with Crippen molar-refractivity contribution in [3.63, 3.8) is 0 Å². The number of aromatic nitrogens is 1. The van der Waals surface area contributed by atoms with Gasteiger partial charge in [0.25, 0.3) is 0 Å². The first-order valence-electron chi connectivity index (χ1n) is 7.70. The molecule has 1 fully saturated rings. The van der Waals surface area contributed by atoms with E-state index in [0.29, 0.717) is 19.6 Å². The summed E-state index contributed by atoms with van der Waals surface area (Å²) in [5.74, 6) is 0.845.